The first-order chi connectivity index (χ1) is 6.63. The van der Waals surface area contributed by atoms with Gasteiger partial charge in [-0.25, -0.2) is 0 Å². The number of nitrogens with zero attached hydrogens (tertiary/aromatic N) is 1. The van der Waals surface area contributed by atoms with Crippen molar-refractivity contribution >= 4 is 0 Å². The first-order valence-electron chi connectivity index (χ1n) is 5.29. The van der Waals surface area contributed by atoms with Crippen LogP contribution in [0.4, 0.5) is 0 Å². The van der Waals surface area contributed by atoms with E-state index in [4.69, 9.17) is 15.1 Å². The van der Waals surface area contributed by atoms with E-state index in [1.165, 1.54) is 0 Å². The van der Waals surface area contributed by atoms with Crippen LogP contribution in [0.15, 0.2) is 0 Å². The molecule has 1 rings (SSSR count). The third-order valence-corrected chi connectivity index (χ3v) is 3.30. The summed E-state index contributed by atoms with van der Waals surface area (Å²) in [4.78, 5) is 0. The molecule has 3 atom stereocenters. The van der Waals surface area contributed by atoms with E-state index in [1.54, 1.807) is 0 Å². The van der Waals surface area contributed by atoms with Crippen LogP contribution in [0.25, 0.3) is 0 Å². The zero-order chi connectivity index (χ0) is 10.6. The van der Waals surface area contributed by atoms with Gasteiger partial charge >= 0.3 is 0 Å². The summed E-state index contributed by atoms with van der Waals surface area (Å²) in [5, 5.41) is 17.8. The molecule has 1 saturated carbocycles. The number of nitriles is 1. The predicted molar refractivity (Wildman–Crippen MR) is 53.6 cm³/mol. The third-order valence-electron chi connectivity index (χ3n) is 3.30. The monoisotopic (exact) mass is 197 g/mol. The molecule has 1 aliphatic carbocycles. The Bertz CT molecular complexity index is 220. The average Bonchev–Trinajstić information content (AvgIpc) is 2.20. The SMILES string of the molecule is CC1CCC(C#N)(OCCO)CC1C. The lowest BCUT2D eigenvalue weighted by Crippen LogP contribution is -2.39. The molecule has 1 aliphatic rings. The van der Waals surface area contributed by atoms with E-state index in [1.807, 2.05) is 0 Å². The van der Waals surface area contributed by atoms with Gasteiger partial charge in [-0.05, 0) is 31.1 Å². The van der Waals surface area contributed by atoms with E-state index >= 15 is 0 Å². The van der Waals surface area contributed by atoms with Crippen LogP contribution in [0.5, 0.6) is 0 Å². The maximum Gasteiger partial charge on any atom is 0.154 e. The van der Waals surface area contributed by atoms with Crippen molar-refractivity contribution < 1.29 is 9.84 Å². The third kappa shape index (κ3) is 2.46. The van der Waals surface area contributed by atoms with Gasteiger partial charge in [0.05, 0.1) is 19.3 Å². The molecule has 0 aromatic carbocycles. The summed E-state index contributed by atoms with van der Waals surface area (Å²) in [6.07, 6.45) is 2.64. The highest BCUT2D eigenvalue weighted by Crippen LogP contribution is 2.38. The van der Waals surface area contributed by atoms with E-state index in [0.29, 0.717) is 11.8 Å². The fourth-order valence-corrected chi connectivity index (χ4v) is 2.07. The van der Waals surface area contributed by atoms with Crippen LogP contribution in [0.3, 0.4) is 0 Å². The van der Waals surface area contributed by atoms with Crippen LogP contribution in [0.2, 0.25) is 0 Å². The molecule has 3 heteroatoms. The van der Waals surface area contributed by atoms with Crippen molar-refractivity contribution in [3.05, 3.63) is 0 Å². The molecule has 0 radical (unpaired) electrons. The second-order valence-electron chi connectivity index (χ2n) is 4.38. The Morgan fingerprint density at radius 3 is 2.71 bits per heavy atom. The minimum Gasteiger partial charge on any atom is -0.394 e. The number of rotatable bonds is 3. The summed E-state index contributed by atoms with van der Waals surface area (Å²) < 4.78 is 5.48. The van der Waals surface area contributed by atoms with Crippen LogP contribution < -0.4 is 0 Å². The van der Waals surface area contributed by atoms with Crippen molar-refractivity contribution in [3.63, 3.8) is 0 Å². The topological polar surface area (TPSA) is 53.2 Å². The molecule has 0 aliphatic heterocycles. The van der Waals surface area contributed by atoms with Crippen LogP contribution >= 0.6 is 0 Å². The van der Waals surface area contributed by atoms with Gasteiger partial charge in [0.2, 0.25) is 0 Å². The standard InChI is InChI=1S/C11H19NO2/c1-9-3-4-11(8-12,7-10(9)2)14-6-5-13/h9-10,13H,3-7H2,1-2H3. The van der Waals surface area contributed by atoms with E-state index in [9.17, 15) is 0 Å². The molecule has 0 saturated heterocycles. The Morgan fingerprint density at radius 2 is 2.21 bits per heavy atom. The normalized spacial score (nSPS) is 37.9. The highest BCUT2D eigenvalue weighted by atomic mass is 16.5. The fraction of sp³-hybridized carbons (Fsp3) is 0.909. The van der Waals surface area contributed by atoms with Gasteiger partial charge in [0.25, 0.3) is 0 Å². The van der Waals surface area contributed by atoms with Gasteiger partial charge in [0, 0.05) is 0 Å². The Hall–Kier alpha value is -0.590. The Morgan fingerprint density at radius 1 is 1.50 bits per heavy atom. The molecule has 0 aromatic heterocycles. The summed E-state index contributed by atoms with van der Waals surface area (Å²) in [7, 11) is 0. The second kappa shape index (κ2) is 4.77. The highest BCUT2D eigenvalue weighted by Gasteiger charge is 2.38. The minimum absolute atomic E-state index is 0.00658. The summed E-state index contributed by atoms with van der Waals surface area (Å²) >= 11 is 0. The lowest BCUT2D eigenvalue weighted by molar-refractivity contribution is -0.0612. The Balaban J connectivity index is 2.58. The molecule has 1 N–H and O–H groups in total. The van der Waals surface area contributed by atoms with Crippen LogP contribution in [-0.2, 0) is 4.74 Å². The van der Waals surface area contributed by atoms with Crippen molar-refractivity contribution in [2.24, 2.45) is 11.8 Å². The van der Waals surface area contributed by atoms with E-state index in [2.05, 4.69) is 19.9 Å². The molecule has 0 spiro atoms. The fourth-order valence-electron chi connectivity index (χ4n) is 2.07. The molecule has 3 unspecified atom stereocenters. The summed E-state index contributed by atoms with van der Waals surface area (Å²) in [5.41, 5.74) is -0.630. The highest BCUT2D eigenvalue weighted by molar-refractivity contribution is 5.05. The maximum absolute atomic E-state index is 9.12. The van der Waals surface area contributed by atoms with Gasteiger partial charge in [-0.15, -0.1) is 0 Å². The van der Waals surface area contributed by atoms with Gasteiger partial charge < -0.3 is 9.84 Å². The van der Waals surface area contributed by atoms with Crippen LogP contribution in [0.1, 0.15) is 33.1 Å². The molecule has 0 aromatic rings. The zero-order valence-electron chi connectivity index (χ0n) is 8.99. The first kappa shape index (κ1) is 11.5. The molecule has 0 heterocycles. The average molecular weight is 197 g/mol. The number of aliphatic hydroxyl groups is 1. The van der Waals surface area contributed by atoms with Crippen LogP contribution in [-0.4, -0.2) is 23.9 Å². The molecule has 80 valence electrons. The number of hydrogen-bond acceptors (Lipinski definition) is 3. The predicted octanol–water partition coefficient (Wildman–Crippen LogP) is 1.71. The van der Waals surface area contributed by atoms with Gasteiger partial charge in [0.15, 0.2) is 5.60 Å². The van der Waals surface area contributed by atoms with Crippen molar-refractivity contribution in [3.8, 4) is 6.07 Å². The van der Waals surface area contributed by atoms with E-state index in [0.717, 1.165) is 19.3 Å². The number of hydrogen-bond donors (Lipinski definition) is 1. The zero-order valence-corrected chi connectivity index (χ0v) is 8.99. The van der Waals surface area contributed by atoms with Gasteiger partial charge in [-0.1, -0.05) is 13.8 Å². The van der Waals surface area contributed by atoms with Crippen LogP contribution in [0, 0.1) is 23.2 Å². The van der Waals surface area contributed by atoms with Gasteiger partial charge in [0.1, 0.15) is 0 Å². The molecule has 0 amide bonds. The molecule has 1 fully saturated rings. The Labute approximate surface area is 85.7 Å². The molecular formula is C11H19NO2. The summed E-state index contributed by atoms with van der Waals surface area (Å²) in [6.45, 7) is 4.65. The van der Waals surface area contributed by atoms with Crippen molar-refractivity contribution in [1.29, 1.82) is 5.26 Å². The molecule has 0 bridgehead atoms. The number of ether oxygens (including phenoxy) is 1. The van der Waals surface area contributed by atoms with Crippen molar-refractivity contribution in [1.82, 2.24) is 0 Å². The largest absolute Gasteiger partial charge is 0.394 e. The summed E-state index contributed by atoms with van der Waals surface area (Å²) in [6, 6.07) is 2.27. The van der Waals surface area contributed by atoms with Crippen molar-refractivity contribution in [2.45, 2.75) is 38.7 Å². The first-order valence-corrected chi connectivity index (χ1v) is 5.29. The smallest absolute Gasteiger partial charge is 0.154 e. The lowest BCUT2D eigenvalue weighted by atomic mass is 9.73. The quantitative estimate of drug-likeness (QED) is 0.749. The number of aliphatic hydroxyl groups excluding tert-OH is 1. The maximum atomic E-state index is 9.12. The van der Waals surface area contributed by atoms with Crippen molar-refractivity contribution in [2.75, 3.05) is 13.2 Å². The summed E-state index contributed by atoms with van der Waals surface area (Å²) in [5.74, 6) is 1.20. The van der Waals surface area contributed by atoms with E-state index < -0.39 is 5.60 Å². The van der Waals surface area contributed by atoms with E-state index in [-0.39, 0.29) is 13.2 Å². The molecule has 14 heavy (non-hydrogen) atoms. The Kier molecular flexibility index (Phi) is 3.91. The van der Waals surface area contributed by atoms with Gasteiger partial charge in [-0.3, -0.25) is 0 Å². The second-order valence-corrected chi connectivity index (χ2v) is 4.38. The minimum atomic E-state index is -0.630. The van der Waals surface area contributed by atoms with Gasteiger partial charge in [-0.2, -0.15) is 5.26 Å². The molecular weight excluding hydrogens is 178 g/mol. The lowest BCUT2D eigenvalue weighted by Gasteiger charge is -2.37. The molecule has 3 nitrogen and oxygen atoms in total.